The van der Waals surface area contributed by atoms with E-state index in [-0.39, 0.29) is 34.8 Å². The van der Waals surface area contributed by atoms with Gasteiger partial charge in [-0.05, 0) is 120 Å². The number of unbranched alkanes of at least 4 members (excludes halogenated alkanes) is 12. The third-order valence-electron chi connectivity index (χ3n) is 12.4. The highest BCUT2D eigenvalue weighted by molar-refractivity contribution is 7.92. The highest BCUT2D eigenvalue weighted by Gasteiger charge is 2.29. The summed E-state index contributed by atoms with van der Waals surface area (Å²) in [5.41, 5.74) is 5.08. The summed E-state index contributed by atoms with van der Waals surface area (Å²) in [7, 11) is -4.09. The maximum Gasteiger partial charge on any atom is 0.265 e. The number of phenols is 1. The van der Waals surface area contributed by atoms with E-state index in [1.54, 1.807) is 30.3 Å². The van der Waals surface area contributed by atoms with Crippen molar-refractivity contribution >= 4 is 38.7 Å². The molecule has 0 aromatic heterocycles. The molecular weight excluding hydrogens is 855 g/mol. The van der Waals surface area contributed by atoms with Crippen LogP contribution in [0.25, 0.3) is 0 Å². The summed E-state index contributed by atoms with van der Waals surface area (Å²) >= 11 is 0. The normalized spacial score (nSPS) is 12.4. The van der Waals surface area contributed by atoms with Crippen LogP contribution in [0.5, 0.6) is 17.2 Å². The fourth-order valence-electron chi connectivity index (χ4n) is 8.36. The van der Waals surface area contributed by atoms with E-state index < -0.39 is 16.1 Å². The molecule has 0 aliphatic heterocycles. The molecule has 0 heterocycles. The molecule has 10 heteroatoms. The van der Waals surface area contributed by atoms with Gasteiger partial charge in [0.2, 0.25) is 0 Å². The summed E-state index contributed by atoms with van der Waals surface area (Å²) in [6.45, 7) is 23.5. The second kappa shape index (κ2) is 26.7. The van der Waals surface area contributed by atoms with Crippen LogP contribution >= 0.6 is 0 Å². The van der Waals surface area contributed by atoms with Gasteiger partial charge in [0.05, 0.1) is 28.6 Å². The van der Waals surface area contributed by atoms with Gasteiger partial charge in [-0.25, -0.2) is 8.42 Å². The van der Waals surface area contributed by atoms with Crippen molar-refractivity contribution < 1.29 is 27.8 Å². The molecule has 1 atom stereocenters. The fourth-order valence-corrected chi connectivity index (χ4v) is 10.1. The van der Waals surface area contributed by atoms with Crippen LogP contribution in [-0.4, -0.2) is 32.1 Å². The molecule has 4 aromatic rings. The number of sulfonamides is 1. The predicted molar refractivity (Wildman–Crippen MR) is 282 cm³/mol. The quantitative estimate of drug-likeness (QED) is 0.0400. The number of anilines is 4. The standard InChI is InChI=1S/C57H85N3O6S/c1-12-14-16-18-19-20-21-22-23-24-26-54(66-47-32-34-53(61)50(39-47)57(9,10)11)56(62)59-52-38-45(29-33-51(52)58-44-27-30-46(31-28-44)65-35-25-17-15-13-2)60-67(63,64)55-48(41(5)6)36-43(40(3)4)37-49(55)42(7)8/h27-34,36-42,54,58,60-61H,12-26,35H2,1-11H3,(H,59,62). The first-order valence-electron chi connectivity index (χ1n) is 25.5. The first kappa shape index (κ1) is 54.9. The minimum Gasteiger partial charge on any atom is -0.508 e. The molecule has 4 rings (SSSR count). The number of carbonyl (C=O) groups excluding carboxylic acids is 1. The van der Waals surface area contributed by atoms with Crippen molar-refractivity contribution in [2.45, 2.75) is 207 Å². The van der Waals surface area contributed by atoms with Crippen molar-refractivity contribution in [2.75, 3.05) is 22.0 Å². The molecule has 1 unspecified atom stereocenters. The first-order chi connectivity index (χ1) is 31.8. The maximum atomic E-state index is 14.6. The summed E-state index contributed by atoms with van der Waals surface area (Å²) in [6.07, 6.45) is 15.7. The van der Waals surface area contributed by atoms with Gasteiger partial charge in [-0.1, -0.05) is 165 Å². The topological polar surface area (TPSA) is 126 Å². The van der Waals surface area contributed by atoms with Crippen LogP contribution in [0.4, 0.5) is 22.7 Å². The second-order valence-electron chi connectivity index (χ2n) is 20.4. The van der Waals surface area contributed by atoms with E-state index in [2.05, 4.69) is 43.1 Å². The Hall–Kier alpha value is -4.70. The lowest BCUT2D eigenvalue weighted by molar-refractivity contribution is -0.123. The Morgan fingerprint density at radius 2 is 1.16 bits per heavy atom. The van der Waals surface area contributed by atoms with Crippen molar-refractivity contribution in [3.63, 3.8) is 0 Å². The summed E-state index contributed by atoms with van der Waals surface area (Å²) in [6, 6.07) is 22.1. The molecule has 4 aromatic carbocycles. The number of amides is 1. The SMILES string of the molecule is CCCCCCCCCCCCC(Oc1ccc(O)c(C(C)(C)C)c1)C(=O)Nc1cc(NS(=O)(=O)c2c(C(C)C)cc(C(C)C)cc2C(C)C)ccc1Nc1ccc(OCCCCCC)cc1. The fraction of sp³-hybridized carbons (Fsp3) is 0.561. The number of hydrogen-bond acceptors (Lipinski definition) is 7. The molecule has 9 nitrogen and oxygen atoms in total. The molecule has 67 heavy (non-hydrogen) atoms. The van der Waals surface area contributed by atoms with Crippen LogP contribution in [-0.2, 0) is 20.2 Å². The Balaban J connectivity index is 1.69. The zero-order valence-electron chi connectivity index (χ0n) is 42.9. The third kappa shape index (κ3) is 17.4. The number of hydrogen-bond donors (Lipinski definition) is 4. The van der Waals surface area contributed by atoms with Crippen LogP contribution in [0.3, 0.4) is 0 Å². The highest BCUT2D eigenvalue weighted by atomic mass is 32.2. The van der Waals surface area contributed by atoms with Gasteiger partial charge in [-0.2, -0.15) is 0 Å². The molecule has 0 saturated heterocycles. The third-order valence-corrected chi connectivity index (χ3v) is 14.0. The van der Waals surface area contributed by atoms with Crippen molar-refractivity contribution in [1.82, 2.24) is 0 Å². The largest absolute Gasteiger partial charge is 0.508 e. The van der Waals surface area contributed by atoms with Crippen molar-refractivity contribution in [2.24, 2.45) is 0 Å². The molecule has 0 aliphatic carbocycles. The van der Waals surface area contributed by atoms with E-state index in [0.717, 1.165) is 65.8 Å². The van der Waals surface area contributed by atoms with Gasteiger partial charge in [-0.3, -0.25) is 9.52 Å². The Morgan fingerprint density at radius 3 is 1.72 bits per heavy atom. The number of aromatic hydroxyl groups is 1. The minimum atomic E-state index is -4.09. The Morgan fingerprint density at radius 1 is 0.627 bits per heavy atom. The average Bonchev–Trinajstić information content (AvgIpc) is 3.27. The Kier molecular flexibility index (Phi) is 21.9. The van der Waals surface area contributed by atoms with Gasteiger partial charge in [0, 0.05) is 11.3 Å². The Labute approximate surface area is 405 Å². The molecule has 0 spiro atoms. The molecule has 370 valence electrons. The van der Waals surface area contributed by atoms with E-state index in [1.165, 1.54) is 57.8 Å². The van der Waals surface area contributed by atoms with Gasteiger partial charge in [-0.15, -0.1) is 0 Å². The molecular formula is C57H85N3O6S. The molecule has 4 N–H and O–H groups in total. The smallest absolute Gasteiger partial charge is 0.265 e. The summed E-state index contributed by atoms with van der Waals surface area (Å²) in [5.74, 6) is 1.24. The van der Waals surface area contributed by atoms with E-state index in [1.807, 2.05) is 90.9 Å². The molecule has 0 bridgehead atoms. The summed E-state index contributed by atoms with van der Waals surface area (Å²) in [5, 5.41) is 17.4. The van der Waals surface area contributed by atoms with Crippen LogP contribution in [0, 0.1) is 0 Å². The van der Waals surface area contributed by atoms with E-state index in [9.17, 15) is 18.3 Å². The summed E-state index contributed by atoms with van der Waals surface area (Å²) in [4.78, 5) is 14.9. The highest BCUT2D eigenvalue weighted by Crippen LogP contribution is 2.38. The lowest BCUT2D eigenvalue weighted by atomic mass is 9.86. The van der Waals surface area contributed by atoms with Crippen LogP contribution in [0.15, 0.2) is 77.7 Å². The monoisotopic (exact) mass is 940 g/mol. The van der Waals surface area contributed by atoms with Crippen LogP contribution in [0.1, 0.15) is 212 Å². The van der Waals surface area contributed by atoms with Gasteiger partial charge < -0.3 is 25.2 Å². The zero-order valence-corrected chi connectivity index (χ0v) is 43.8. The van der Waals surface area contributed by atoms with Gasteiger partial charge >= 0.3 is 0 Å². The first-order valence-corrected chi connectivity index (χ1v) is 27.0. The number of benzene rings is 4. The zero-order chi connectivity index (χ0) is 49.1. The number of phenolic OH excluding ortho intramolecular Hbond substituents is 1. The Bertz CT molecular complexity index is 2220. The maximum absolute atomic E-state index is 14.6. The molecule has 0 radical (unpaired) electrons. The van der Waals surface area contributed by atoms with Crippen molar-refractivity contribution in [1.29, 1.82) is 0 Å². The van der Waals surface area contributed by atoms with Gasteiger partial charge in [0.15, 0.2) is 6.10 Å². The van der Waals surface area contributed by atoms with E-state index >= 15 is 0 Å². The lowest BCUT2D eigenvalue weighted by Crippen LogP contribution is -2.33. The van der Waals surface area contributed by atoms with E-state index in [4.69, 9.17) is 9.47 Å². The molecule has 0 saturated carbocycles. The van der Waals surface area contributed by atoms with Crippen LogP contribution in [0.2, 0.25) is 0 Å². The minimum absolute atomic E-state index is 0.0393. The number of nitrogens with one attached hydrogen (secondary N) is 3. The number of carbonyl (C=O) groups is 1. The van der Waals surface area contributed by atoms with Gasteiger partial charge in [0.1, 0.15) is 17.2 Å². The molecule has 0 fully saturated rings. The van der Waals surface area contributed by atoms with Gasteiger partial charge in [0.25, 0.3) is 15.9 Å². The van der Waals surface area contributed by atoms with Crippen molar-refractivity contribution in [3.05, 3.63) is 95.1 Å². The lowest BCUT2D eigenvalue weighted by Gasteiger charge is -2.24. The average molecular weight is 940 g/mol. The van der Waals surface area contributed by atoms with E-state index in [0.29, 0.717) is 40.7 Å². The predicted octanol–water partition coefficient (Wildman–Crippen LogP) is 16.3. The number of rotatable bonds is 29. The van der Waals surface area contributed by atoms with Crippen LogP contribution < -0.4 is 24.8 Å². The molecule has 1 amide bonds. The summed E-state index contributed by atoms with van der Waals surface area (Å²) < 4.78 is 44.7. The number of ether oxygens (including phenoxy) is 2. The second-order valence-corrected chi connectivity index (χ2v) is 22.0. The van der Waals surface area contributed by atoms with Crippen molar-refractivity contribution in [3.8, 4) is 17.2 Å². The molecule has 0 aliphatic rings.